The van der Waals surface area contributed by atoms with Crippen molar-refractivity contribution >= 4 is 29.8 Å². The zero-order valence-electron chi connectivity index (χ0n) is 29.0. The van der Waals surface area contributed by atoms with Crippen molar-refractivity contribution in [1.82, 2.24) is 0 Å². The van der Waals surface area contributed by atoms with Crippen LogP contribution in [0.4, 0.5) is 0 Å². The lowest BCUT2D eigenvalue weighted by molar-refractivity contribution is 0.0993. The molecule has 0 N–H and O–H groups in total. The molecule has 0 fully saturated rings. The van der Waals surface area contributed by atoms with E-state index in [2.05, 4.69) is 36.4 Å². The summed E-state index contributed by atoms with van der Waals surface area (Å²) in [5.41, 5.74) is 8.70. The summed E-state index contributed by atoms with van der Waals surface area (Å²) in [4.78, 5) is 22.7. The zero-order chi connectivity index (χ0) is 34.2. The molecular weight excluding hydrogens is 560 g/mol. The molecule has 0 heterocycles. The van der Waals surface area contributed by atoms with Gasteiger partial charge in [0.1, 0.15) is 11.1 Å². The molecule has 2 aliphatic rings. The second-order valence-electron chi connectivity index (χ2n) is 9.81. The Morgan fingerprint density at radius 3 is 1.57 bits per heavy atom. The predicted molar refractivity (Wildman–Crippen MR) is 202 cm³/mol. The minimum Gasteiger partial charge on any atom is -0.294 e. The Hall–Kier alpha value is -4.95. The first-order valence-corrected chi connectivity index (χ1v) is 16.2. The highest BCUT2D eigenvalue weighted by molar-refractivity contribution is 6.07. The minimum absolute atomic E-state index is 0.108. The summed E-state index contributed by atoms with van der Waals surface area (Å²) >= 11 is 0. The fourth-order valence-corrected chi connectivity index (χ4v) is 4.49. The van der Waals surface area contributed by atoms with Crippen LogP contribution in [0.5, 0.6) is 0 Å². The number of hydrogen-bond acceptors (Lipinski definition) is 2. The summed E-state index contributed by atoms with van der Waals surface area (Å²) < 4.78 is 0. The summed E-state index contributed by atoms with van der Waals surface area (Å²) in [5.74, 6) is 0.340. The smallest absolute Gasteiger partial charge is 0.267 e. The number of carbonyl (C=O) groups excluding carboxylic acids is 2. The van der Waals surface area contributed by atoms with E-state index >= 15 is 0 Å². The number of aryl methyl sites for hydroxylation is 2. The molecule has 238 valence electrons. The van der Waals surface area contributed by atoms with Crippen molar-refractivity contribution in [1.29, 1.82) is 0 Å². The quantitative estimate of drug-likeness (QED) is 0.211. The average Bonchev–Trinajstić information content (AvgIpc) is 3.10. The summed E-state index contributed by atoms with van der Waals surface area (Å²) in [5, 5.41) is 0. The van der Waals surface area contributed by atoms with Crippen LogP contribution < -0.4 is 0 Å². The summed E-state index contributed by atoms with van der Waals surface area (Å²) in [7, 11) is 0. The molecule has 0 spiro atoms. The Balaban J connectivity index is 0.000000298. The molecule has 4 aromatic carbocycles. The minimum atomic E-state index is 0.108. The van der Waals surface area contributed by atoms with Gasteiger partial charge in [-0.1, -0.05) is 143 Å². The SMILES string of the molecule is C/C=C/c1ccccc1.C/C=C/c1ccccc1.CC.CC.Cc1cccc2c1C=CCC2=O.Cc1cccc2c1[CH+]C=CC2=O. The second kappa shape index (κ2) is 23.4. The highest BCUT2D eigenvalue weighted by Gasteiger charge is 2.21. The summed E-state index contributed by atoms with van der Waals surface area (Å²) in [6, 6.07) is 32.2. The lowest BCUT2D eigenvalue weighted by Gasteiger charge is -2.10. The van der Waals surface area contributed by atoms with E-state index in [0.717, 1.165) is 27.8 Å². The molecular formula is C44H51O2+. The fraction of sp³-hybridized carbons (Fsp3) is 0.205. The van der Waals surface area contributed by atoms with Crippen molar-refractivity contribution in [3.8, 4) is 0 Å². The molecule has 6 rings (SSSR count). The monoisotopic (exact) mass is 611 g/mol. The molecule has 0 aromatic heterocycles. The Morgan fingerprint density at radius 2 is 1.09 bits per heavy atom. The van der Waals surface area contributed by atoms with Gasteiger partial charge in [0.2, 0.25) is 0 Å². The van der Waals surface area contributed by atoms with Gasteiger partial charge in [-0.05, 0) is 68.1 Å². The van der Waals surface area contributed by atoms with Gasteiger partial charge < -0.3 is 0 Å². The van der Waals surface area contributed by atoms with Gasteiger partial charge in [-0.2, -0.15) is 0 Å². The van der Waals surface area contributed by atoms with Crippen LogP contribution in [0.25, 0.3) is 18.2 Å². The maximum absolute atomic E-state index is 11.4. The van der Waals surface area contributed by atoms with Gasteiger partial charge >= 0.3 is 0 Å². The van der Waals surface area contributed by atoms with Gasteiger partial charge in [-0.25, -0.2) is 0 Å². The molecule has 4 aromatic rings. The van der Waals surface area contributed by atoms with Gasteiger partial charge in [0.05, 0.1) is 6.08 Å². The number of fused-ring (bicyclic) bond motifs is 2. The molecule has 0 atom stereocenters. The number of allylic oxidation sites excluding steroid dienone is 5. The molecule has 2 nitrogen and oxygen atoms in total. The van der Waals surface area contributed by atoms with Crippen molar-refractivity contribution in [3.05, 3.63) is 178 Å². The van der Waals surface area contributed by atoms with Crippen LogP contribution in [-0.4, -0.2) is 11.6 Å². The first kappa shape index (κ1) is 39.1. The maximum atomic E-state index is 11.4. The fourth-order valence-electron chi connectivity index (χ4n) is 4.49. The first-order chi connectivity index (χ1) is 22.4. The van der Waals surface area contributed by atoms with Crippen LogP contribution in [0.2, 0.25) is 0 Å². The van der Waals surface area contributed by atoms with E-state index in [0.29, 0.717) is 6.42 Å². The number of ketones is 2. The summed E-state index contributed by atoms with van der Waals surface area (Å²) in [6.45, 7) is 16.1. The van der Waals surface area contributed by atoms with Gasteiger partial charge in [-0.3, -0.25) is 9.59 Å². The van der Waals surface area contributed by atoms with Gasteiger partial charge in [0, 0.05) is 30.0 Å². The van der Waals surface area contributed by atoms with E-state index in [-0.39, 0.29) is 11.6 Å². The van der Waals surface area contributed by atoms with E-state index in [1.54, 1.807) is 12.2 Å². The number of Topliss-reactive ketones (excluding diaryl/α,β-unsaturated/α-hetero) is 1. The van der Waals surface area contributed by atoms with Crippen LogP contribution in [-0.2, 0) is 0 Å². The highest BCUT2D eigenvalue weighted by atomic mass is 16.1. The largest absolute Gasteiger partial charge is 0.294 e. The lowest BCUT2D eigenvalue weighted by Crippen LogP contribution is -2.05. The second-order valence-corrected chi connectivity index (χ2v) is 9.81. The Morgan fingerprint density at radius 1 is 0.587 bits per heavy atom. The van der Waals surface area contributed by atoms with Crippen LogP contribution >= 0.6 is 0 Å². The van der Waals surface area contributed by atoms with Crippen molar-refractivity contribution in [3.63, 3.8) is 0 Å². The Kier molecular flexibility index (Phi) is 19.9. The Bertz CT molecular complexity index is 1520. The zero-order valence-corrected chi connectivity index (χ0v) is 29.0. The third-order valence-electron chi connectivity index (χ3n) is 6.63. The van der Waals surface area contributed by atoms with Crippen molar-refractivity contribution in [2.24, 2.45) is 0 Å². The van der Waals surface area contributed by atoms with Crippen molar-refractivity contribution in [2.45, 2.75) is 61.8 Å². The number of hydrogen-bond donors (Lipinski definition) is 0. The van der Waals surface area contributed by atoms with E-state index in [1.807, 2.05) is 159 Å². The predicted octanol–water partition coefficient (Wildman–Crippen LogP) is 12.4. The number of carbonyl (C=O) groups is 2. The van der Waals surface area contributed by atoms with E-state index in [4.69, 9.17) is 0 Å². The third kappa shape index (κ3) is 13.4. The lowest BCUT2D eigenvalue weighted by atomic mass is 9.92. The maximum Gasteiger partial charge on any atom is 0.267 e. The van der Waals surface area contributed by atoms with Gasteiger partial charge in [0.25, 0.3) is 5.78 Å². The molecule has 0 bridgehead atoms. The Labute approximate surface area is 278 Å². The third-order valence-corrected chi connectivity index (χ3v) is 6.63. The topological polar surface area (TPSA) is 34.1 Å². The van der Waals surface area contributed by atoms with Crippen LogP contribution in [0.1, 0.15) is 102 Å². The van der Waals surface area contributed by atoms with Gasteiger partial charge in [-0.15, -0.1) is 0 Å². The number of benzene rings is 4. The molecule has 2 heteroatoms. The molecule has 0 radical (unpaired) electrons. The number of rotatable bonds is 2. The van der Waals surface area contributed by atoms with Crippen LogP contribution in [0.15, 0.2) is 127 Å². The van der Waals surface area contributed by atoms with Crippen molar-refractivity contribution < 1.29 is 9.59 Å². The van der Waals surface area contributed by atoms with Crippen LogP contribution in [0, 0.1) is 20.3 Å². The highest BCUT2D eigenvalue weighted by Crippen LogP contribution is 2.22. The first-order valence-electron chi connectivity index (χ1n) is 16.2. The van der Waals surface area contributed by atoms with Gasteiger partial charge in [0.15, 0.2) is 5.78 Å². The molecule has 2 aliphatic carbocycles. The van der Waals surface area contributed by atoms with E-state index in [1.165, 1.54) is 16.7 Å². The molecule has 0 saturated heterocycles. The summed E-state index contributed by atoms with van der Waals surface area (Å²) in [6.07, 6.45) is 18.1. The molecule has 0 unspecified atom stereocenters. The van der Waals surface area contributed by atoms with Crippen molar-refractivity contribution in [2.75, 3.05) is 0 Å². The molecule has 0 aliphatic heterocycles. The normalized spacial score (nSPS) is 11.7. The standard InChI is InChI=1S/C11H10O.C11H9O.2C9H10.2C2H6/c2*1-8-4-2-6-10-9(8)5-3-7-11(10)12;2*1-2-6-9-7-4-3-5-8-9;2*1-2/h2-6H,7H2,1H3;2-7H,1H3;2*2-8H,1H3;2*1-2H3/q;+1;;;;/b;;2*6-2+;;. The molecule has 0 amide bonds. The van der Waals surface area contributed by atoms with E-state index < -0.39 is 0 Å². The van der Waals surface area contributed by atoms with Crippen LogP contribution in [0.3, 0.4) is 0 Å². The van der Waals surface area contributed by atoms with E-state index in [9.17, 15) is 9.59 Å². The molecule has 0 saturated carbocycles. The molecule has 46 heavy (non-hydrogen) atoms. The average molecular weight is 612 g/mol.